The zero-order chi connectivity index (χ0) is 19.3. The number of rotatable bonds is 10. The van der Waals surface area contributed by atoms with Crippen molar-refractivity contribution in [3.8, 4) is 5.75 Å². The summed E-state index contributed by atoms with van der Waals surface area (Å²) in [5.41, 5.74) is 3.49. The molecule has 0 fully saturated rings. The van der Waals surface area contributed by atoms with Gasteiger partial charge in [-0.15, -0.1) is 24.0 Å². The number of hydrogen-bond donors (Lipinski definition) is 2. The number of halogens is 1. The molecule has 2 aromatic carbocycles. The minimum atomic E-state index is 0. The highest BCUT2D eigenvalue weighted by Gasteiger charge is 2.05. The number of benzene rings is 2. The van der Waals surface area contributed by atoms with E-state index in [2.05, 4.69) is 41.8 Å². The van der Waals surface area contributed by atoms with E-state index in [0.29, 0.717) is 32.9 Å². The first-order valence-corrected chi connectivity index (χ1v) is 9.65. The number of ether oxygens (including phenoxy) is 2. The lowest BCUT2D eigenvalue weighted by Crippen LogP contribution is -2.37. The molecule has 0 aromatic heterocycles. The lowest BCUT2D eigenvalue weighted by Gasteiger charge is -2.14. The molecule has 0 unspecified atom stereocenters. The Morgan fingerprint density at radius 2 is 1.54 bits per heavy atom. The van der Waals surface area contributed by atoms with Crippen molar-refractivity contribution in [2.75, 3.05) is 19.8 Å². The number of nitrogens with zero attached hydrogens (tertiary/aromatic N) is 1. The average molecular weight is 497 g/mol. The van der Waals surface area contributed by atoms with Crippen LogP contribution in [0.4, 0.5) is 0 Å². The zero-order valence-electron chi connectivity index (χ0n) is 17.0. The molecule has 0 spiro atoms. The quantitative estimate of drug-likeness (QED) is 0.289. The van der Waals surface area contributed by atoms with Gasteiger partial charge < -0.3 is 20.1 Å². The number of para-hydroxylation sites is 1. The topological polar surface area (TPSA) is 54.9 Å². The molecule has 0 atom stereocenters. The molecule has 154 valence electrons. The minimum Gasteiger partial charge on any atom is -0.494 e. The molecule has 2 aromatic rings. The first kappa shape index (κ1) is 24.2. The molecule has 0 saturated carbocycles. The second kappa shape index (κ2) is 14.2. The summed E-state index contributed by atoms with van der Waals surface area (Å²) in [6.07, 6.45) is 0. The van der Waals surface area contributed by atoms with Crippen LogP contribution in [-0.2, 0) is 24.4 Å². The van der Waals surface area contributed by atoms with E-state index in [0.717, 1.165) is 23.8 Å². The minimum absolute atomic E-state index is 0. The number of guanidine groups is 1. The smallest absolute Gasteiger partial charge is 0.191 e. The van der Waals surface area contributed by atoms with Gasteiger partial charge in [0.1, 0.15) is 5.75 Å². The SMILES string of the molecule is CCNC(=NCc1ccccc1OCC)NCc1ccccc1COCC.I. The molecule has 0 radical (unpaired) electrons. The van der Waals surface area contributed by atoms with E-state index in [1.54, 1.807) is 0 Å². The van der Waals surface area contributed by atoms with Crippen molar-refractivity contribution < 1.29 is 9.47 Å². The van der Waals surface area contributed by atoms with E-state index >= 15 is 0 Å². The second-order valence-corrected chi connectivity index (χ2v) is 6.00. The van der Waals surface area contributed by atoms with Crippen LogP contribution in [0.1, 0.15) is 37.5 Å². The Balaban J connectivity index is 0.00000392. The summed E-state index contributed by atoms with van der Waals surface area (Å²) in [6, 6.07) is 16.4. The van der Waals surface area contributed by atoms with Crippen molar-refractivity contribution in [1.29, 1.82) is 0 Å². The molecule has 6 heteroatoms. The van der Waals surface area contributed by atoms with E-state index in [1.165, 1.54) is 11.1 Å². The van der Waals surface area contributed by atoms with Crippen molar-refractivity contribution in [2.24, 2.45) is 4.99 Å². The van der Waals surface area contributed by atoms with Crippen LogP contribution in [0.5, 0.6) is 5.75 Å². The maximum Gasteiger partial charge on any atom is 0.191 e. The van der Waals surface area contributed by atoms with E-state index in [9.17, 15) is 0 Å². The summed E-state index contributed by atoms with van der Waals surface area (Å²) < 4.78 is 11.3. The van der Waals surface area contributed by atoms with E-state index in [-0.39, 0.29) is 24.0 Å². The monoisotopic (exact) mass is 497 g/mol. The molecular formula is C22H32IN3O2. The van der Waals surface area contributed by atoms with Gasteiger partial charge in [-0.25, -0.2) is 4.99 Å². The van der Waals surface area contributed by atoms with Crippen molar-refractivity contribution in [2.45, 2.75) is 40.5 Å². The third-order valence-electron chi connectivity index (χ3n) is 4.05. The lowest BCUT2D eigenvalue weighted by atomic mass is 10.1. The standard InChI is InChI=1S/C22H31N3O2.HI/c1-4-23-22(25-16-19-12-9-10-14-21(19)27-6-3)24-15-18-11-7-8-13-20(18)17-26-5-2;/h7-14H,4-6,15-17H2,1-3H3,(H2,23,24,25);1H. The van der Waals surface area contributed by atoms with Crippen molar-refractivity contribution in [1.82, 2.24) is 10.6 Å². The highest BCUT2D eigenvalue weighted by Crippen LogP contribution is 2.18. The Morgan fingerprint density at radius 1 is 0.857 bits per heavy atom. The van der Waals surface area contributed by atoms with E-state index in [1.807, 2.05) is 38.1 Å². The third kappa shape index (κ3) is 8.06. The van der Waals surface area contributed by atoms with Gasteiger partial charge in [0.05, 0.1) is 19.8 Å². The molecular weight excluding hydrogens is 465 g/mol. The Morgan fingerprint density at radius 3 is 2.21 bits per heavy atom. The first-order chi connectivity index (χ1) is 13.3. The maximum absolute atomic E-state index is 5.69. The number of aliphatic imine (C=N–C) groups is 1. The van der Waals surface area contributed by atoms with Gasteiger partial charge in [0.25, 0.3) is 0 Å². The van der Waals surface area contributed by atoms with Crippen molar-refractivity contribution >= 4 is 29.9 Å². The molecule has 0 amide bonds. The van der Waals surface area contributed by atoms with E-state index < -0.39 is 0 Å². The summed E-state index contributed by atoms with van der Waals surface area (Å²) >= 11 is 0. The van der Waals surface area contributed by atoms with Crippen LogP contribution in [0.25, 0.3) is 0 Å². The van der Waals surface area contributed by atoms with Crippen LogP contribution in [0.2, 0.25) is 0 Å². The third-order valence-corrected chi connectivity index (χ3v) is 4.05. The highest BCUT2D eigenvalue weighted by atomic mass is 127. The Hall–Kier alpha value is -1.80. The van der Waals surface area contributed by atoms with Crippen molar-refractivity contribution in [3.63, 3.8) is 0 Å². The van der Waals surface area contributed by atoms with Gasteiger partial charge in [-0.05, 0) is 38.0 Å². The summed E-state index contributed by atoms with van der Waals surface area (Å²) in [5.74, 6) is 1.68. The molecule has 2 rings (SSSR count). The molecule has 0 saturated heterocycles. The molecule has 2 N–H and O–H groups in total. The number of nitrogens with one attached hydrogen (secondary N) is 2. The molecule has 5 nitrogen and oxygen atoms in total. The van der Waals surface area contributed by atoms with Gasteiger partial charge in [0.2, 0.25) is 0 Å². The van der Waals surface area contributed by atoms with Crippen LogP contribution in [0.15, 0.2) is 53.5 Å². The highest BCUT2D eigenvalue weighted by molar-refractivity contribution is 14.0. The lowest BCUT2D eigenvalue weighted by molar-refractivity contribution is 0.133. The molecule has 28 heavy (non-hydrogen) atoms. The first-order valence-electron chi connectivity index (χ1n) is 9.65. The second-order valence-electron chi connectivity index (χ2n) is 6.00. The predicted molar refractivity (Wildman–Crippen MR) is 126 cm³/mol. The van der Waals surface area contributed by atoms with E-state index in [4.69, 9.17) is 14.5 Å². The normalized spacial score (nSPS) is 10.9. The fourth-order valence-electron chi connectivity index (χ4n) is 2.70. The Kier molecular flexibility index (Phi) is 12.3. The summed E-state index contributed by atoms with van der Waals surface area (Å²) in [7, 11) is 0. The van der Waals surface area contributed by atoms with Gasteiger partial charge in [-0.1, -0.05) is 42.5 Å². The van der Waals surface area contributed by atoms with Gasteiger partial charge in [-0.3, -0.25) is 0 Å². The fraction of sp³-hybridized carbons (Fsp3) is 0.409. The van der Waals surface area contributed by atoms with Crippen LogP contribution in [0.3, 0.4) is 0 Å². The molecule has 0 aliphatic carbocycles. The average Bonchev–Trinajstić information content (AvgIpc) is 2.70. The molecule has 0 bridgehead atoms. The predicted octanol–water partition coefficient (Wildman–Crippen LogP) is 4.50. The fourth-order valence-corrected chi connectivity index (χ4v) is 2.70. The van der Waals surface area contributed by atoms with Crippen LogP contribution in [-0.4, -0.2) is 25.7 Å². The molecule has 0 aliphatic heterocycles. The summed E-state index contributed by atoms with van der Waals surface area (Å²) in [6.45, 7) is 10.1. The Labute approximate surface area is 186 Å². The van der Waals surface area contributed by atoms with Crippen LogP contribution < -0.4 is 15.4 Å². The Bertz CT molecular complexity index is 722. The van der Waals surface area contributed by atoms with Crippen LogP contribution in [0, 0.1) is 0 Å². The van der Waals surface area contributed by atoms with Gasteiger partial charge in [0, 0.05) is 25.3 Å². The van der Waals surface area contributed by atoms with Crippen molar-refractivity contribution in [3.05, 3.63) is 65.2 Å². The molecule has 0 aliphatic rings. The maximum atomic E-state index is 5.69. The largest absolute Gasteiger partial charge is 0.494 e. The zero-order valence-corrected chi connectivity index (χ0v) is 19.4. The molecule has 0 heterocycles. The van der Waals surface area contributed by atoms with Gasteiger partial charge >= 0.3 is 0 Å². The number of hydrogen-bond acceptors (Lipinski definition) is 3. The van der Waals surface area contributed by atoms with Crippen LogP contribution >= 0.6 is 24.0 Å². The van der Waals surface area contributed by atoms with Gasteiger partial charge in [0.15, 0.2) is 5.96 Å². The summed E-state index contributed by atoms with van der Waals surface area (Å²) in [4.78, 5) is 4.72. The van der Waals surface area contributed by atoms with Gasteiger partial charge in [-0.2, -0.15) is 0 Å². The summed E-state index contributed by atoms with van der Waals surface area (Å²) in [5, 5.41) is 6.72.